The molecule has 2 aromatic carbocycles. The second-order valence-corrected chi connectivity index (χ2v) is 8.78. The van der Waals surface area contributed by atoms with Gasteiger partial charge < -0.3 is 15.1 Å². The van der Waals surface area contributed by atoms with Gasteiger partial charge in [-0.05, 0) is 60.9 Å². The third-order valence-corrected chi connectivity index (χ3v) is 6.15. The molecular weight excluding hydrogens is 473 g/mol. The Morgan fingerprint density at radius 3 is 2.46 bits per heavy atom. The number of nitrogens with zero attached hydrogens (tertiary/aromatic N) is 1. The summed E-state index contributed by atoms with van der Waals surface area (Å²) in [5.41, 5.74) is 0.684. The number of anilines is 1. The molecule has 1 saturated carbocycles. The third-order valence-electron chi connectivity index (χ3n) is 5.89. The zero-order valence-electron chi connectivity index (χ0n) is 18.9. The van der Waals surface area contributed by atoms with E-state index in [2.05, 4.69) is 10.6 Å². The predicted octanol–water partition coefficient (Wildman–Crippen LogP) is 4.64. The summed E-state index contributed by atoms with van der Waals surface area (Å²) < 4.78 is 19.3. The summed E-state index contributed by atoms with van der Waals surface area (Å²) in [7, 11) is 0. The van der Waals surface area contributed by atoms with Crippen molar-refractivity contribution in [3.8, 4) is 0 Å². The summed E-state index contributed by atoms with van der Waals surface area (Å²) in [6.45, 7) is -0.434. The van der Waals surface area contributed by atoms with Crippen LogP contribution in [0.2, 0.25) is 5.02 Å². The quantitative estimate of drug-likeness (QED) is 0.474. The molecule has 1 aliphatic carbocycles. The molecule has 4 rings (SSSR count). The van der Waals surface area contributed by atoms with Crippen molar-refractivity contribution in [2.24, 2.45) is 0 Å². The first-order chi connectivity index (χ1) is 16.9. The second-order valence-electron chi connectivity index (χ2n) is 8.35. The minimum atomic E-state index is -1.11. The molecule has 0 bridgehead atoms. The van der Waals surface area contributed by atoms with E-state index in [9.17, 15) is 18.8 Å². The van der Waals surface area contributed by atoms with Crippen molar-refractivity contribution in [3.05, 3.63) is 89.1 Å². The average Bonchev–Trinajstić information content (AvgIpc) is 3.56. The molecule has 2 N–H and O–H groups in total. The van der Waals surface area contributed by atoms with E-state index >= 15 is 0 Å². The number of hydrogen-bond donors (Lipinski definition) is 2. The second kappa shape index (κ2) is 11.2. The monoisotopic (exact) mass is 497 g/mol. The fourth-order valence-corrected chi connectivity index (χ4v) is 4.34. The number of nitrogens with one attached hydrogen (secondary N) is 2. The maximum atomic E-state index is 14.2. The van der Waals surface area contributed by atoms with Crippen LogP contribution in [0.4, 0.5) is 10.1 Å². The molecule has 0 saturated heterocycles. The maximum absolute atomic E-state index is 14.2. The van der Waals surface area contributed by atoms with E-state index in [0.717, 1.165) is 25.7 Å². The molecule has 7 nitrogen and oxygen atoms in total. The molecule has 1 aromatic heterocycles. The Morgan fingerprint density at radius 1 is 1.06 bits per heavy atom. The Morgan fingerprint density at radius 2 is 1.80 bits per heavy atom. The number of furan rings is 1. The normalized spacial score (nSPS) is 14.3. The van der Waals surface area contributed by atoms with Crippen molar-refractivity contribution in [2.45, 2.75) is 37.8 Å². The van der Waals surface area contributed by atoms with Crippen LogP contribution in [0.25, 0.3) is 0 Å². The molecule has 1 unspecified atom stereocenters. The van der Waals surface area contributed by atoms with Gasteiger partial charge in [-0.15, -0.1) is 0 Å². The van der Waals surface area contributed by atoms with Gasteiger partial charge >= 0.3 is 0 Å². The van der Waals surface area contributed by atoms with E-state index < -0.39 is 36.1 Å². The summed E-state index contributed by atoms with van der Waals surface area (Å²) in [6.07, 6.45) is 5.09. The predicted molar refractivity (Wildman–Crippen MR) is 130 cm³/mol. The summed E-state index contributed by atoms with van der Waals surface area (Å²) in [4.78, 5) is 40.6. The van der Waals surface area contributed by atoms with Gasteiger partial charge in [0.15, 0.2) is 5.76 Å². The number of rotatable bonds is 8. The van der Waals surface area contributed by atoms with Crippen LogP contribution in [0.1, 0.15) is 47.8 Å². The van der Waals surface area contributed by atoms with E-state index in [1.54, 1.807) is 36.4 Å². The Balaban J connectivity index is 1.68. The van der Waals surface area contributed by atoms with Crippen LogP contribution in [0.3, 0.4) is 0 Å². The molecule has 0 spiro atoms. The van der Waals surface area contributed by atoms with E-state index in [0.29, 0.717) is 10.6 Å². The van der Waals surface area contributed by atoms with Gasteiger partial charge in [0, 0.05) is 16.8 Å². The van der Waals surface area contributed by atoms with Crippen molar-refractivity contribution >= 4 is 35.0 Å². The van der Waals surface area contributed by atoms with Gasteiger partial charge in [0.2, 0.25) is 11.8 Å². The van der Waals surface area contributed by atoms with E-state index in [-0.39, 0.29) is 17.5 Å². The highest BCUT2D eigenvalue weighted by Crippen LogP contribution is 2.30. The van der Waals surface area contributed by atoms with Crippen molar-refractivity contribution in [1.29, 1.82) is 0 Å². The molecule has 35 heavy (non-hydrogen) atoms. The van der Waals surface area contributed by atoms with Crippen LogP contribution in [-0.4, -0.2) is 30.3 Å². The lowest BCUT2D eigenvalue weighted by Crippen LogP contribution is -2.49. The number of benzene rings is 2. The summed E-state index contributed by atoms with van der Waals surface area (Å²) in [5.74, 6) is -2.10. The lowest BCUT2D eigenvalue weighted by Gasteiger charge is -2.32. The highest BCUT2D eigenvalue weighted by atomic mass is 35.5. The summed E-state index contributed by atoms with van der Waals surface area (Å²) in [6, 6.07) is 13.9. The molecule has 0 radical (unpaired) electrons. The molecule has 182 valence electrons. The number of halogens is 2. The first-order valence-electron chi connectivity index (χ1n) is 11.4. The van der Waals surface area contributed by atoms with Crippen LogP contribution in [0.15, 0.2) is 71.3 Å². The maximum Gasteiger partial charge on any atom is 0.287 e. The van der Waals surface area contributed by atoms with Crippen LogP contribution < -0.4 is 15.5 Å². The average molecular weight is 498 g/mol. The fraction of sp³-hybridized carbons (Fsp3) is 0.269. The number of carbonyl (C=O) groups is 3. The van der Waals surface area contributed by atoms with Gasteiger partial charge in [-0.2, -0.15) is 0 Å². The minimum Gasteiger partial charge on any atom is -0.459 e. The summed E-state index contributed by atoms with van der Waals surface area (Å²) >= 11 is 6.06. The van der Waals surface area contributed by atoms with Gasteiger partial charge in [-0.25, -0.2) is 4.39 Å². The van der Waals surface area contributed by atoms with Crippen molar-refractivity contribution in [2.75, 3.05) is 11.4 Å². The SMILES string of the molecule is O=C(NCC(=O)N(c1cccc(F)c1)C(C(=O)NC1CCCC1)c1ccc(Cl)cc1)c1ccco1. The molecule has 1 aliphatic rings. The zero-order chi connectivity index (χ0) is 24.8. The molecule has 0 aliphatic heterocycles. The largest absolute Gasteiger partial charge is 0.459 e. The highest BCUT2D eigenvalue weighted by molar-refractivity contribution is 6.30. The van der Waals surface area contributed by atoms with Gasteiger partial charge in [0.1, 0.15) is 11.9 Å². The lowest BCUT2D eigenvalue weighted by molar-refractivity contribution is -0.126. The molecule has 3 aromatic rings. The lowest BCUT2D eigenvalue weighted by atomic mass is 10.0. The Kier molecular flexibility index (Phi) is 7.82. The fourth-order valence-electron chi connectivity index (χ4n) is 4.21. The van der Waals surface area contributed by atoms with Crippen molar-refractivity contribution in [1.82, 2.24) is 10.6 Å². The number of carbonyl (C=O) groups excluding carboxylic acids is 3. The van der Waals surface area contributed by atoms with Crippen molar-refractivity contribution in [3.63, 3.8) is 0 Å². The van der Waals surface area contributed by atoms with Crippen LogP contribution in [0, 0.1) is 5.82 Å². The van der Waals surface area contributed by atoms with Crippen LogP contribution in [0.5, 0.6) is 0 Å². The van der Waals surface area contributed by atoms with E-state index in [1.807, 2.05) is 0 Å². The molecule has 1 atom stereocenters. The first-order valence-corrected chi connectivity index (χ1v) is 11.8. The highest BCUT2D eigenvalue weighted by Gasteiger charge is 2.34. The molecule has 1 fully saturated rings. The van der Waals surface area contributed by atoms with Gasteiger partial charge in [-0.3, -0.25) is 19.3 Å². The smallest absolute Gasteiger partial charge is 0.287 e. The molecule has 3 amide bonds. The molecule has 9 heteroatoms. The molecule has 1 heterocycles. The van der Waals surface area contributed by atoms with Gasteiger partial charge in [-0.1, -0.05) is 42.6 Å². The van der Waals surface area contributed by atoms with E-state index in [1.165, 1.54) is 35.4 Å². The van der Waals surface area contributed by atoms with Gasteiger partial charge in [0.05, 0.1) is 12.8 Å². The van der Waals surface area contributed by atoms with Crippen LogP contribution in [-0.2, 0) is 9.59 Å². The number of amides is 3. The minimum absolute atomic E-state index is 0.000386. The number of hydrogen-bond acceptors (Lipinski definition) is 4. The van der Waals surface area contributed by atoms with Crippen LogP contribution >= 0.6 is 11.6 Å². The Bertz CT molecular complexity index is 1180. The first kappa shape index (κ1) is 24.5. The standard InChI is InChI=1S/C26H25ClFN3O4/c27-18-12-10-17(11-13-18)24(26(34)30-20-6-1-2-7-20)31(21-8-3-5-19(28)15-21)23(32)16-29-25(33)22-9-4-14-35-22/h3-5,8-15,20,24H,1-2,6-7,16H2,(H,29,33)(H,30,34). The van der Waals surface area contributed by atoms with Gasteiger partial charge in [0.25, 0.3) is 5.91 Å². The van der Waals surface area contributed by atoms with E-state index in [4.69, 9.17) is 16.0 Å². The Hall–Kier alpha value is -3.65. The topological polar surface area (TPSA) is 91.7 Å². The summed E-state index contributed by atoms with van der Waals surface area (Å²) in [5, 5.41) is 6.01. The third kappa shape index (κ3) is 6.08. The Labute approximate surface area is 207 Å². The zero-order valence-corrected chi connectivity index (χ0v) is 19.6. The molecular formula is C26H25ClFN3O4. The van der Waals surface area contributed by atoms with Crippen molar-refractivity contribution < 1.29 is 23.2 Å².